The summed E-state index contributed by atoms with van der Waals surface area (Å²) >= 11 is 0. The van der Waals surface area contributed by atoms with Gasteiger partial charge in [-0.1, -0.05) is 12.0 Å². The van der Waals surface area contributed by atoms with Crippen LogP contribution >= 0.6 is 0 Å². The Kier molecular flexibility index (Phi) is 4.34. The largest absolute Gasteiger partial charge is 0.408 e. The Balaban J connectivity index is 2.09. The van der Waals surface area contributed by atoms with Crippen LogP contribution in [0.25, 0.3) is 0 Å². The van der Waals surface area contributed by atoms with E-state index < -0.39 is 0 Å². The number of amides is 1. The van der Waals surface area contributed by atoms with E-state index >= 15 is 0 Å². The first-order chi connectivity index (χ1) is 9.60. The van der Waals surface area contributed by atoms with Gasteiger partial charge in [0.1, 0.15) is 0 Å². The number of aryl methyl sites for hydroxylation is 2. The number of carbonyl (C=O) groups excluding carboxylic acids is 1. The molecule has 0 aliphatic rings. The lowest BCUT2D eigenvalue weighted by atomic mass is 10.1. The molecule has 2 aromatic rings. The van der Waals surface area contributed by atoms with E-state index in [-0.39, 0.29) is 11.9 Å². The summed E-state index contributed by atoms with van der Waals surface area (Å²) in [4.78, 5) is 12.1. The first kappa shape index (κ1) is 14.0. The standard InChI is InChI=1S/C14H18N4O2/c1-4-7-15-11-5-6-12(9(2)8-11)13(19)16-14-18-17-10(3)20-14/h5-6,8,15H,4,7H2,1-3H3,(H,16,18,19). The van der Waals surface area contributed by atoms with Gasteiger partial charge < -0.3 is 9.73 Å². The molecular formula is C14H18N4O2. The first-order valence-electron chi connectivity index (χ1n) is 6.56. The molecule has 1 aromatic heterocycles. The van der Waals surface area contributed by atoms with Crippen molar-refractivity contribution in [3.8, 4) is 0 Å². The molecule has 0 bridgehead atoms. The van der Waals surface area contributed by atoms with Gasteiger partial charge in [-0.15, -0.1) is 5.10 Å². The summed E-state index contributed by atoms with van der Waals surface area (Å²) in [5, 5.41) is 13.3. The maximum absolute atomic E-state index is 12.1. The minimum absolute atomic E-state index is 0.111. The Labute approximate surface area is 117 Å². The van der Waals surface area contributed by atoms with Crippen LogP contribution in [0.1, 0.15) is 35.2 Å². The summed E-state index contributed by atoms with van der Waals surface area (Å²) in [5.74, 6) is 0.157. The molecule has 0 unspecified atom stereocenters. The molecule has 2 rings (SSSR count). The summed E-state index contributed by atoms with van der Waals surface area (Å²) in [6.07, 6.45) is 1.05. The molecule has 6 heteroatoms. The van der Waals surface area contributed by atoms with Crippen molar-refractivity contribution in [1.82, 2.24) is 10.2 Å². The minimum atomic E-state index is -0.256. The number of benzene rings is 1. The fourth-order valence-electron chi connectivity index (χ4n) is 1.81. The molecule has 20 heavy (non-hydrogen) atoms. The van der Waals surface area contributed by atoms with Crippen LogP contribution in [0, 0.1) is 13.8 Å². The summed E-state index contributed by atoms with van der Waals surface area (Å²) < 4.78 is 5.13. The lowest BCUT2D eigenvalue weighted by molar-refractivity contribution is 0.102. The van der Waals surface area contributed by atoms with Crippen LogP contribution in [0.3, 0.4) is 0 Å². The van der Waals surface area contributed by atoms with Crippen LogP contribution in [-0.2, 0) is 0 Å². The second-order valence-corrected chi connectivity index (χ2v) is 4.54. The summed E-state index contributed by atoms with van der Waals surface area (Å²) in [7, 11) is 0. The fraction of sp³-hybridized carbons (Fsp3) is 0.357. The lowest BCUT2D eigenvalue weighted by Crippen LogP contribution is -2.14. The molecule has 1 amide bonds. The Morgan fingerprint density at radius 1 is 1.30 bits per heavy atom. The molecule has 0 spiro atoms. The Morgan fingerprint density at radius 3 is 2.70 bits per heavy atom. The lowest BCUT2D eigenvalue weighted by Gasteiger charge is -2.09. The second-order valence-electron chi connectivity index (χ2n) is 4.54. The smallest absolute Gasteiger partial charge is 0.322 e. The number of hydrogen-bond acceptors (Lipinski definition) is 5. The molecule has 1 heterocycles. The third kappa shape index (κ3) is 3.34. The van der Waals surface area contributed by atoms with Crippen LogP contribution in [-0.4, -0.2) is 22.6 Å². The van der Waals surface area contributed by atoms with E-state index in [0.717, 1.165) is 24.2 Å². The monoisotopic (exact) mass is 274 g/mol. The third-order valence-electron chi connectivity index (χ3n) is 2.80. The van der Waals surface area contributed by atoms with Crippen molar-refractivity contribution in [3.63, 3.8) is 0 Å². The van der Waals surface area contributed by atoms with Crippen LogP contribution in [0.5, 0.6) is 0 Å². The number of anilines is 2. The van der Waals surface area contributed by atoms with Crippen molar-refractivity contribution < 1.29 is 9.21 Å². The average molecular weight is 274 g/mol. The zero-order chi connectivity index (χ0) is 14.5. The normalized spacial score (nSPS) is 10.3. The number of carbonyl (C=O) groups is 1. The van der Waals surface area contributed by atoms with Gasteiger partial charge in [0.05, 0.1) is 0 Å². The number of nitrogens with one attached hydrogen (secondary N) is 2. The molecular weight excluding hydrogens is 256 g/mol. The summed E-state index contributed by atoms with van der Waals surface area (Å²) in [5.41, 5.74) is 2.48. The van der Waals surface area contributed by atoms with E-state index in [1.807, 2.05) is 19.1 Å². The van der Waals surface area contributed by atoms with Gasteiger partial charge in [-0.05, 0) is 37.1 Å². The summed E-state index contributed by atoms with van der Waals surface area (Å²) in [6, 6.07) is 5.73. The van der Waals surface area contributed by atoms with Gasteiger partial charge in [0.15, 0.2) is 0 Å². The Morgan fingerprint density at radius 2 is 2.10 bits per heavy atom. The zero-order valence-corrected chi connectivity index (χ0v) is 11.9. The van der Waals surface area contributed by atoms with Crippen molar-refractivity contribution >= 4 is 17.6 Å². The number of nitrogens with zero attached hydrogens (tertiary/aromatic N) is 2. The molecule has 6 nitrogen and oxygen atoms in total. The number of hydrogen-bond donors (Lipinski definition) is 2. The maximum Gasteiger partial charge on any atom is 0.322 e. The van der Waals surface area contributed by atoms with E-state index in [4.69, 9.17) is 4.42 Å². The quantitative estimate of drug-likeness (QED) is 0.876. The van der Waals surface area contributed by atoms with E-state index in [1.54, 1.807) is 13.0 Å². The highest BCUT2D eigenvalue weighted by molar-refractivity contribution is 6.04. The van der Waals surface area contributed by atoms with Gasteiger partial charge in [0, 0.05) is 24.7 Å². The molecule has 0 radical (unpaired) electrons. The molecule has 1 aromatic carbocycles. The SMILES string of the molecule is CCCNc1ccc(C(=O)Nc2nnc(C)o2)c(C)c1. The van der Waals surface area contributed by atoms with E-state index in [0.29, 0.717) is 11.5 Å². The molecule has 106 valence electrons. The van der Waals surface area contributed by atoms with Gasteiger partial charge in [-0.25, -0.2) is 0 Å². The highest BCUT2D eigenvalue weighted by Crippen LogP contribution is 2.16. The average Bonchev–Trinajstić information content (AvgIpc) is 2.81. The molecule has 0 fully saturated rings. The van der Waals surface area contributed by atoms with E-state index in [1.165, 1.54) is 0 Å². The Hall–Kier alpha value is -2.37. The van der Waals surface area contributed by atoms with Crippen LogP contribution in [0.4, 0.5) is 11.7 Å². The molecule has 0 atom stereocenters. The predicted octanol–water partition coefficient (Wildman–Crippen LogP) is 2.76. The van der Waals surface area contributed by atoms with Crippen LogP contribution in [0.2, 0.25) is 0 Å². The number of rotatable bonds is 5. The van der Waals surface area contributed by atoms with Crippen molar-refractivity contribution in [1.29, 1.82) is 0 Å². The van der Waals surface area contributed by atoms with Crippen molar-refractivity contribution in [2.75, 3.05) is 17.2 Å². The van der Waals surface area contributed by atoms with Crippen LogP contribution < -0.4 is 10.6 Å². The topological polar surface area (TPSA) is 80.0 Å². The predicted molar refractivity (Wildman–Crippen MR) is 76.9 cm³/mol. The highest BCUT2D eigenvalue weighted by Gasteiger charge is 2.12. The zero-order valence-electron chi connectivity index (χ0n) is 11.9. The van der Waals surface area contributed by atoms with Gasteiger partial charge in [0.25, 0.3) is 5.91 Å². The van der Waals surface area contributed by atoms with Gasteiger partial charge in [-0.2, -0.15) is 0 Å². The minimum Gasteiger partial charge on any atom is -0.408 e. The summed E-state index contributed by atoms with van der Waals surface area (Å²) in [6.45, 7) is 6.58. The first-order valence-corrected chi connectivity index (χ1v) is 6.56. The maximum atomic E-state index is 12.1. The van der Waals surface area contributed by atoms with Crippen LogP contribution in [0.15, 0.2) is 22.6 Å². The molecule has 0 saturated heterocycles. The van der Waals surface area contributed by atoms with Crippen molar-refractivity contribution in [2.24, 2.45) is 0 Å². The molecule has 2 N–H and O–H groups in total. The highest BCUT2D eigenvalue weighted by atomic mass is 16.4. The third-order valence-corrected chi connectivity index (χ3v) is 2.80. The van der Waals surface area contributed by atoms with Gasteiger partial charge in [-0.3, -0.25) is 10.1 Å². The van der Waals surface area contributed by atoms with Gasteiger partial charge >= 0.3 is 6.01 Å². The van der Waals surface area contributed by atoms with E-state index in [9.17, 15) is 4.79 Å². The molecule has 0 aliphatic carbocycles. The molecule has 0 saturated carbocycles. The van der Waals surface area contributed by atoms with Crippen molar-refractivity contribution in [2.45, 2.75) is 27.2 Å². The second kappa shape index (κ2) is 6.18. The number of aromatic nitrogens is 2. The Bertz CT molecular complexity index is 607. The van der Waals surface area contributed by atoms with E-state index in [2.05, 4.69) is 27.8 Å². The molecule has 0 aliphatic heterocycles. The van der Waals surface area contributed by atoms with Gasteiger partial charge in [0.2, 0.25) is 5.89 Å². The van der Waals surface area contributed by atoms with Crippen molar-refractivity contribution in [3.05, 3.63) is 35.2 Å². The fourth-order valence-corrected chi connectivity index (χ4v) is 1.81.